The standard InChI is InChI=1S/C17H28N4S/c1-4-18-17(21-15-7-8-16(11-15)22-3)19-10-9-14-6-5-13(2)20-12-14/h5-6,12,15-16H,4,7-11H2,1-3H3,(H2,18,19,21). The van der Waals surface area contributed by atoms with E-state index in [9.17, 15) is 0 Å². The van der Waals surface area contributed by atoms with Crippen LogP contribution in [0.5, 0.6) is 0 Å². The Labute approximate surface area is 138 Å². The number of aliphatic imine (C=N–C) groups is 1. The smallest absolute Gasteiger partial charge is 0.191 e. The van der Waals surface area contributed by atoms with E-state index >= 15 is 0 Å². The molecule has 1 aliphatic rings. The first kappa shape index (κ1) is 17.1. The molecule has 1 fully saturated rings. The van der Waals surface area contributed by atoms with E-state index in [0.717, 1.165) is 36.4 Å². The quantitative estimate of drug-likeness (QED) is 0.625. The average molecular weight is 321 g/mol. The number of hydrogen-bond acceptors (Lipinski definition) is 3. The maximum atomic E-state index is 4.71. The number of guanidine groups is 1. The fraction of sp³-hybridized carbons (Fsp3) is 0.647. The molecule has 2 N–H and O–H groups in total. The predicted octanol–water partition coefficient (Wildman–Crippen LogP) is 2.77. The number of nitrogens with one attached hydrogen (secondary N) is 2. The SMILES string of the molecule is CCNC(=NCCc1ccc(C)nc1)NC1CCC(SC)C1. The van der Waals surface area contributed by atoms with Gasteiger partial charge in [0.25, 0.3) is 0 Å². The molecular weight excluding hydrogens is 292 g/mol. The second kappa shape index (κ2) is 9.03. The van der Waals surface area contributed by atoms with Gasteiger partial charge in [0, 0.05) is 36.3 Å². The van der Waals surface area contributed by atoms with Crippen molar-refractivity contribution in [2.24, 2.45) is 4.99 Å². The van der Waals surface area contributed by atoms with Gasteiger partial charge < -0.3 is 10.6 Å². The van der Waals surface area contributed by atoms with Crippen LogP contribution in [0.3, 0.4) is 0 Å². The van der Waals surface area contributed by atoms with Crippen LogP contribution in [-0.4, -0.2) is 41.6 Å². The summed E-state index contributed by atoms with van der Waals surface area (Å²) >= 11 is 1.99. The molecule has 2 rings (SSSR count). The lowest BCUT2D eigenvalue weighted by Crippen LogP contribution is -2.42. The topological polar surface area (TPSA) is 49.3 Å². The molecule has 0 spiro atoms. The Kier molecular flexibility index (Phi) is 7.03. The molecule has 0 radical (unpaired) electrons. The van der Waals surface area contributed by atoms with Crippen LogP contribution in [0, 0.1) is 6.92 Å². The number of rotatable bonds is 6. The predicted molar refractivity (Wildman–Crippen MR) is 96.7 cm³/mol. The van der Waals surface area contributed by atoms with Crippen LogP contribution < -0.4 is 10.6 Å². The van der Waals surface area contributed by atoms with Crippen molar-refractivity contribution in [2.75, 3.05) is 19.3 Å². The minimum atomic E-state index is 0.566. The van der Waals surface area contributed by atoms with Gasteiger partial charge in [0.2, 0.25) is 0 Å². The van der Waals surface area contributed by atoms with Crippen LogP contribution in [0.25, 0.3) is 0 Å². The average Bonchev–Trinajstić information content (AvgIpc) is 2.97. The van der Waals surface area contributed by atoms with Gasteiger partial charge in [-0.15, -0.1) is 0 Å². The Balaban J connectivity index is 1.83. The normalized spacial score (nSPS) is 21.9. The van der Waals surface area contributed by atoms with Crippen molar-refractivity contribution in [3.05, 3.63) is 29.6 Å². The molecule has 0 bridgehead atoms. The van der Waals surface area contributed by atoms with Gasteiger partial charge in [0.15, 0.2) is 5.96 Å². The van der Waals surface area contributed by atoms with Gasteiger partial charge in [-0.25, -0.2) is 0 Å². The molecule has 1 saturated carbocycles. The van der Waals surface area contributed by atoms with E-state index in [1.807, 2.05) is 24.9 Å². The van der Waals surface area contributed by atoms with Crippen molar-refractivity contribution in [1.82, 2.24) is 15.6 Å². The van der Waals surface area contributed by atoms with E-state index in [2.05, 4.69) is 40.9 Å². The molecule has 0 amide bonds. The van der Waals surface area contributed by atoms with Crippen LogP contribution in [0.4, 0.5) is 0 Å². The largest absolute Gasteiger partial charge is 0.357 e. The van der Waals surface area contributed by atoms with E-state index < -0.39 is 0 Å². The number of aryl methyl sites for hydroxylation is 1. The molecule has 0 aliphatic heterocycles. The van der Waals surface area contributed by atoms with Gasteiger partial charge in [0.1, 0.15) is 0 Å². The van der Waals surface area contributed by atoms with Gasteiger partial charge >= 0.3 is 0 Å². The monoisotopic (exact) mass is 320 g/mol. The highest BCUT2D eigenvalue weighted by Gasteiger charge is 2.24. The second-order valence-corrected chi connectivity index (χ2v) is 6.97. The summed E-state index contributed by atoms with van der Waals surface area (Å²) < 4.78 is 0. The van der Waals surface area contributed by atoms with Gasteiger partial charge in [-0.05, 0) is 57.4 Å². The lowest BCUT2D eigenvalue weighted by atomic mass is 10.2. The molecule has 1 aromatic rings. The summed E-state index contributed by atoms with van der Waals surface area (Å²) in [5, 5.41) is 7.75. The molecule has 122 valence electrons. The molecule has 1 heterocycles. The van der Waals surface area contributed by atoms with Crippen LogP contribution in [0.15, 0.2) is 23.3 Å². The fourth-order valence-corrected chi connectivity index (χ4v) is 3.54. The van der Waals surface area contributed by atoms with Gasteiger partial charge in [-0.3, -0.25) is 9.98 Å². The molecule has 2 atom stereocenters. The van der Waals surface area contributed by atoms with Gasteiger partial charge in [-0.1, -0.05) is 6.07 Å². The number of nitrogens with zero attached hydrogens (tertiary/aromatic N) is 2. The van der Waals surface area contributed by atoms with Crippen molar-refractivity contribution in [2.45, 2.75) is 50.8 Å². The third-order valence-electron chi connectivity index (χ3n) is 4.05. The molecule has 4 nitrogen and oxygen atoms in total. The maximum Gasteiger partial charge on any atom is 0.191 e. The zero-order valence-electron chi connectivity index (χ0n) is 13.9. The van der Waals surface area contributed by atoms with E-state index in [4.69, 9.17) is 4.99 Å². The van der Waals surface area contributed by atoms with Gasteiger partial charge in [0.05, 0.1) is 0 Å². The van der Waals surface area contributed by atoms with Crippen LogP contribution in [0.1, 0.15) is 37.4 Å². The van der Waals surface area contributed by atoms with Crippen molar-refractivity contribution in [1.29, 1.82) is 0 Å². The Bertz CT molecular complexity index is 472. The molecule has 0 aromatic carbocycles. The Morgan fingerprint density at radius 3 is 2.91 bits per heavy atom. The highest BCUT2D eigenvalue weighted by molar-refractivity contribution is 7.99. The first-order valence-electron chi connectivity index (χ1n) is 8.20. The van der Waals surface area contributed by atoms with Crippen molar-refractivity contribution < 1.29 is 0 Å². The Hall–Kier alpha value is -1.23. The Morgan fingerprint density at radius 1 is 1.41 bits per heavy atom. The number of hydrogen-bond donors (Lipinski definition) is 2. The summed E-state index contributed by atoms with van der Waals surface area (Å²) in [4.78, 5) is 9.04. The number of aromatic nitrogens is 1. The van der Waals surface area contributed by atoms with Crippen molar-refractivity contribution in [3.8, 4) is 0 Å². The van der Waals surface area contributed by atoms with E-state index in [0.29, 0.717) is 6.04 Å². The van der Waals surface area contributed by atoms with E-state index in [-0.39, 0.29) is 0 Å². The summed E-state index contributed by atoms with van der Waals surface area (Å²) in [7, 11) is 0. The maximum absolute atomic E-state index is 4.71. The molecule has 1 aromatic heterocycles. The number of thioether (sulfide) groups is 1. The molecule has 1 aliphatic carbocycles. The summed E-state index contributed by atoms with van der Waals surface area (Å²) in [5.74, 6) is 0.953. The fourth-order valence-electron chi connectivity index (χ4n) is 2.74. The van der Waals surface area contributed by atoms with E-state index in [1.165, 1.54) is 24.8 Å². The third-order valence-corrected chi connectivity index (χ3v) is 5.14. The summed E-state index contributed by atoms with van der Waals surface area (Å²) in [6, 6.07) is 4.76. The zero-order chi connectivity index (χ0) is 15.8. The lowest BCUT2D eigenvalue weighted by Gasteiger charge is -2.17. The zero-order valence-corrected chi connectivity index (χ0v) is 14.7. The Morgan fingerprint density at radius 2 is 2.27 bits per heavy atom. The van der Waals surface area contributed by atoms with Crippen LogP contribution in [0.2, 0.25) is 0 Å². The molecule has 5 heteroatoms. The van der Waals surface area contributed by atoms with Crippen molar-refractivity contribution in [3.63, 3.8) is 0 Å². The minimum Gasteiger partial charge on any atom is -0.357 e. The molecule has 0 saturated heterocycles. The number of pyridine rings is 1. The lowest BCUT2D eigenvalue weighted by molar-refractivity contribution is 0.615. The van der Waals surface area contributed by atoms with E-state index in [1.54, 1.807) is 0 Å². The second-order valence-electron chi connectivity index (χ2n) is 5.83. The third kappa shape index (κ3) is 5.52. The van der Waals surface area contributed by atoms with Gasteiger partial charge in [-0.2, -0.15) is 11.8 Å². The molecule has 2 unspecified atom stereocenters. The minimum absolute atomic E-state index is 0.566. The van der Waals surface area contributed by atoms with Crippen LogP contribution in [-0.2, 0) is 6.42 Å². The highest BCUT2D eigenvalue weighted by atomic mass is 32.2. The van der Waals surface area contributed by atoms with Crippen molar-refractivity contribution >= 4 is 17.7 Å². The highest BCUT2D eigenvalue weighted by Crippen LogP contribution is 2.27. The first-order chi connectivity index (χ1) is 10.7. The van der Waals surface area contributed by atoms with Crippen LogP contribution >= 0.6 is 11.8 Å². The molecular formula is C17H28N4S. The molecule has 22 heavy (non-hydrogen) atoms. The first-order valence-corrected chi connectivity index (χ1v) is 9.49. The summed E-state index contributed by atoms with van der Waals surface area (Å²) in [6.07, 6.45) is 8.90. The summed E-state index contributed by atoms with van der Waals surface area (Å²) in [5.41, 5.74) is 2.31. The summed E-state index contributed by atoms with van der Waals surface area (Å²) in [6.45, 7) is 5.81.